The lowest BCUT2D eigenvalue weighted by atomic mass is 9.96. The number of rotatable bonds is 7. The Balaban J connectivity index is 2.07. The van der Waals surface area contributed by atoms with Crippen LogP contribution >= 0.6 is 23.3 Å². The number of aromatic nitrogens is 2. The quantitative estimate of drug-likeness (QED) is 0.745. The Hall–Kier alpha value is -0.660. The van der Waals surface area contributed by atoms with Gasteiger partial charge in [-0.1, -0.05) is 18.7 Å². The molecule has 1 aromatic heterocycles. The molecule has 1 saturated carbocycles. The smallest absolute Gasteiger partial charge is 0.325 e. The number of aliphatic carboxylic acids is 1. The van der Waals surface area contributed by atoms with Crippen molar-refractivity contribution in [3.05, 3.63) is 5.82 Å². The largest absolute Gasteiger partial charge is 0.480 e. The van der Waals surface area contributed by atoms with E-state index in [4.69, 9.17) is 0 Å². The van der Waals surface area contributed by atoms with Crippen LogP contribution in [-0.2, 0) is 4.79 Å². The van der Waals surface area contributed by atoms with Gasteiger partial charge in [-0.15, -0.1) is 0 Å². The van der Waals surface area contributed by atoms with E-state index in [-0.39, 0.29) is 5.92 Å². The molecule has 7 heteroatoms. The van der Waals surface area contributed by atoms with Crippen LogP contribution in [0.3, 0.4) is 0 Å². The lowest BCUT2D eigenvalue weighted by Crippen LogP contribution is -2.56. The molecule has 1 heterocycles. The Kier molecular flexibility index (Phi) is 4.24. The molecule has 5 nitrogen and oxygen atoms in total. The van der Waals surface area contributed by atoms with E-state index in [0.29, 0.717) is 12.3 Å². The summed E-state index contributed by atoms with van der Waals surface area (Å²) in [6, 6.07) is 0. The molecule has 1 atom stereocenters. The standard InChI is InChI=1S/C11H17N3O2S2/c1-3-12-11(9(15)16,8-4-5-8)6-17-10-13-7(2)14-18-10/h8,12H,3-6H2,1-2H3,(H,15,16). The van der Waals surface area contributed by atoms with Crippen LogP contribution in [-0.4, -0.2) is 38.3 Å². The molecule has 2 N–H and O–H groups in total. The zero-order chi connectivity index (χ0) is 13.2. The molecule has 0 aromatic carbocycles. The number of thioether (sulfide) groups is 1. The minimum atomic E-state index is -0.807. The summed E-state index contributed by atoms with van der Waals surface area (Å²) in [5, 5.41) is 12.7. The molecule has 0 aliphatic heterocycles. The van der Waals surface area contributed by atoms with Gasteiger partial charge in [0, 0.05) is 5.75 Å². The first-order chi connectivity index (χ1) is 8.58. The van der Waals surface area contributed by atoms with Gasteiger partial charge in [0.15, 0.2) is 4.34 Å². The lowest BCUT2D eigenvalue weighted by molar-refractivity contribution is -0.144. The summed E-state index contributed by atoms with van der Waals surface area (Å²) in [6.45, 7) is 4.45. The zero-order valence-electron chi connectivity index (χ0n) is 10.5. The molecule has 18 heavy (non-hydrogen) atoms. The van der Waals surface area contributed by atoms with E-state index in [9.17, 15) is 9.90 Å². The van der Waals surface area contributed by atoms with Crippen LogP contribution < -0.4 is 5.32 Å². The van der Waals surface area contributed by atoms with Crippen LogP contribution in [0.5, 0.6) is 0 Å². The predicted octanol–water partition coefficient (Wildman–Crippen LogP) is 1.78. The van der Waals surface area contributed by atoms with E-state index in [1.807, 2.05) is 13.8 Å². The Morgan fingerprint density at radius 1 is 1.67 bits per heavy atom. The Labute approximate surface area is 115 Å². The zero-order valence-corrected chi connectivity index (χ0v) is 12.1. The van der Waals surface area contributed by atoms with Gasteiger partial charge in [0.1, 0.15) is 11.4 Å². The van der Waals surface area contributed by atoms with Gasteiger partial charge in [-0.2, -0.15) is 4.37 Å². The summed E-state index contributed by atoms with van der Waals surface area (Å²) in [5.74, 6) is 0.755. The molecule has 100 valence electrons. The van der Waals surface area contributed by atoms with E-state index < -0.39 is 11.5 Å². The van der Waals surface area contributed by atoms with Gasteiger partial charge in [-0.25, -0.2) is 4.98 Å². The summed E-state index contributed by atoms with van der Waals surface area (Å²) < 4.78 is 4.95. The van der Waals surface area contributed by atoms with Crippen molar-refractivity contribution in [1.82, 2.24) is 14.7 Å². The molecule has 0 saturated heterocycles. The van der Waals surface area contributed by atoms with E-state index in [1.54, 1.807) is 0 Å². The summed E-state index contributed by atoms with van der Waals surface area (Å²) in [4.78, 5) is 15.9. The molecule has 0 amide bonds. The van der Waals surface area contributed by atoms with Crippen molar-refractivity contribution in [1.29, 1.82) is 0 Å². The normalized spacial score (nSPS) is 18.6. The maximum absolute atomic E-state index is 11.6. The summed E-state index contributed by atoms with van der Waals surface area (Å²) in [5.41, 5.74) is -0.807. The third-order valence-electron chi connectivity index (χ3n) is 3.08. The second kappa shape index (κ2) is 5.54. The second-order valence-corrected chi connectivity index (χ2v) is 6.45. The summed E-state index contributed by atoms with van der Waals surface area (Å²) in [6.07, 6.45) is 1.99. The fourth-order valence-electron chi connectivity index (χ4n) is 2.03. The maximum Gasteiger partial charge on any atom is 0.325 e. The lowest BCUT2D eigenvalue weighted by Gasteiger charge is -2.29. The molecular weight excluding hydrogens is 270 g/mol. The van der Waals surface area contributed by atoms with E-state index >= 15 is 0 Å². The van der Waals surface area contributed by atoms with Gasteiger partial charge in [-0.05, 0) is 43.8 Å². The van der Waals surface area contributed by atoms with Gasteiger partial charge in [0.05, 0.1) is 0 Å². The van der Waals surface area contributed by atoms with Crippen LogP contribution in [0.25, 0.3) is 0 Å². The summed E-state index contributed by atoms with van der Waals surface area (Å²) in [7, 11) is 0. The van der Waals surface area contributed by atoms with Gasteiger partial charge in [0.25, 0.3) is 0 Å². The minimum absolute atomic E-state index is 0.247. The molecule has 1 aromatic rings. The Morgan fingerprint density at radius 3 is 2.83 bits per heavy atom. The first-order valence-electron chi connectivity index (χ1n) is 6.00. The highest BCUT2D eigenvalue weighted by molar-refractivity contribution is 8.01. The van der Waals surface area contributed by atoms with Crippen molar-refractivity contribution < 1.29 is 9.90 Å². The molecule has 2 rings (SSSR count). The average Bonchev–Trinajstić information content (AvgIpc) is 3.08. The number of hydrogen-bond donors (Lipinski definition) is 2. The van der Waals surface area contributed by atoms with E-state index in [0.717, 1.165) is 23.0 Å². The Bertz CT molecular complexity index is 434. The second-order valence-electron chi connectivity index (χ2n) is 4.48. The van der Waals surface area contributed by atoms with E-state index in [1.165, 1.54) is 23.3 Å². The molecule has 0 bridgehead atoms. The van der Waals surface area contributed by atoms with Crippen molar-refractivity contribution >= 4 is 29.3 Å². The summed E-state index contributed by atoms with van der Waals surface area (Å²) >= 11 is 2.82. The topological polar surface area (TPSA) is 75.1 Å². The number of carboxylic acid groups (broad SMARTS) is 1. The molecular formula is C11H17N3O2S2. The number of carboxylic acids is 1. The molecule has 1 fully saturated rings. The first-order valence-corrected chi connectivity index (χ1v) is 7.76. The molecule has 1 unspecified atom stereocenters. The van der Waals surface area contributed by atoms with Crippen LogP contribution in [0.2, 0.25) is 0 Å². The van der Waals surface area contributed by atoms with E-state index in [2.05, 4.69) is 14.7 Å². The highest BCUT2D eigenvalue weighted by Crippen LogP contribution is 2.42. The molecule has 0 radical (unpaired) electrons. The highest BCUT2D eigenvalue weighted by atomic mass is 32.2. The highest BCUT2D eigenvalue weighted by Gasteiger charge is 2.50. The van der Waals surface area contributed by atoms with Crippen molar-refractivity contribution in [3.8, 4) is 0 Å². The molecule has 1 aliphatic rings. The monoisotopic (exact) mass is 287 g/mol. The van der Waals surface area contributed by atoms with Crippen molar-refractivity contribution in [2.75, 3.05) is 12.3 Å². The fourth-order valence-corrected chi connectivity index (χ4v) is 3.96. The minimum Gasteiger partial charge on any atom is -0.480 e. The maximum atomic E-state index is 11.6. The Morgan fingerprint density at radius 2 is 2.39 bits per heavy atom. The number of carbonyl (C=O) groups is 1. The number of nitrogens with zero attached hydrogens (tertiary/aromatic N) is 2. The van der Waals surface area contributed by atoms with Crippen molar-refractivity contribution in [3.63, 3.8) is 0 Å². The van der Waals surface area contributed by atoms with Crippen LogP contribution in [0.4, 0.5) is 0 Å². The number of likely N-dealkylation sites (N-methyl/N-ethyl adjacent to an activating group) is 1. The average molecular weight is 287 g/mol. The number of aryl methyl sites for hydroxylation is 1. The molecule has 1 aliphatic carbocycles. The fraction of sp³-hybridized carbons (Fsp3) is 0.727. The van der Waals surface area contributed by atoms with Gasteiger partial charge >= 0.3 is 5.97 Å². The van der Waals surface area contributed by atoms with Crippen LogP contribution in [0.15, 0.2) is 4.34 Å². The molecule has 0 spiro atoms. The number of hydrogen-bond acceptors (Lipinski definition) is 6. The van der Waals surface area contributed by atoms with Gasteiger partial charge < -0.3 is 10.4 Å². The van der Waals surface area contributed by atoms with Gasteiger partial charge in [0.2, 0.25) is 0 Å². The van der Waals surface area contributed by atoms with Crippen LogP contribution in [0, 0.1) is 12.8 Å². The van der Waals surface area contributed by atoms with Gasteiger partial charge in [-0.3, -0.25) is 4.79 Å². The van der Waals surface area contributed by atoms with Crippen molar-refractivity contribution in [2.24, 2.45) is 5.92 Å². The number of nitrogens with one attached hydrogen (secondary N) is 1. The van der Waals surface area contributed by atoms with Crippen molar-refractivity contribution in [2.45, 2.75) is 36.6 Å². The first kappa shape index (κ1) is 13.8. The SMILES string of the molecule is CCNC(CSc1nc(C)ns1)(C(=O)O)C1CC1. The third-order valence-corrected chi connectivity index (χ3v) is 5.20. The predicted molar refractivity (Wildman–Crippen MR) is 72.1 cm³/mol. The third kappa shape index (κ3) is 2.84. The van der Waals surface area contributed by atoms with Crippen LogP contribution in [0.1, 0.15) is 25.6 Å².